The molecule has 2 aromatic heterocycles. The number of ether oxygens (including phenoxy) is 1. The molecule has 0 bridgehead atoms. The van der Waals surface area contributed by atoms with E-state index in [1.165, 1.54) is 23.8 Å². The number of anilines is 1. The lowest BCUT2D eigenvalue weighted by molar-refractivity contribution is 0.0664. The molecule has 7 nitrogen and oxygen atoms in total. The average molecular weight is 366 g/mol. The summed E-state index contributed by atoms with van der Waals surface area (Å²) in [4.78, 5) is 11.4. The van der Waals surface area contributed by atoms with Crippen LogP contribution in [0.15, 0.2) is 46.0 Å². The Morgan fingerprint density at radius 3 is 2.75 bits per heavy atom. The number of methoxy groups -OCH3 is 1. The topological polar surface area (TPSA) is 97.6 Å². The Labute approximate surface area is 142 Å². The maximum atomic E-state index is 12.5. The van der Waals surface area contributed by atoms with Gasteiger partial charge in [0.15, 0.2) is 0 Å². The first-order chi connectivity index (χ1) is 11.4. The summed E-state index contributed by atoms with van der Waals surface area (Å²) < 4.78 is 34.1. The second kappa shape index (κ2) is 6.27. The number of hydrogen-bond acceptors (Lipinski definition) is 5. The molecule has 1 aromatic carbocycles. The number of carboxylic acids is 1. The molecule has 0 saturated heterocycles. The van der Waals surface area contributed by atoms with E-state index in [2.05, 4.69) is 4.72 Å². The van der Waals surface area contributed by atoms with E-state index in [0.29, 0.717) is 16.6 Å². The van der Waals surface area contributed by atoms with E-state index in [1.807, 2.05) is 0 Å². The SMILES string of the molecule is COCn1c(C(=O)O)cc2cccc(NS(=O)(=O)c3cccs3)c21. The second-order valence-electron chi connectivity index (χ2n) is 4.96. The highest BCUT2D eigenvalue weighted by Gasteiger charge is 2.21. The van der Waals surface area contributed by atoms with Gasteiger partial charge in [0.2, 0.25) is 0 Å². The number of benzene rings is 1. The van der Waals surface area contributed by atoms with Crippen molar-refractivity contribution >= 4 is 43.9 Å². The largest absolute Gasteiger partial charge is 0.477 e. The summed E-state index contributed by atoms with van der Waals surface area (Å²) in [5, 5.41) is 11.6. The molecule has 24 heavy (non-hydrogen) atoms. The number of aromatic carboxylic acids is 1. The van der Waals surface area contributed by atoms with Gasteiger partial charge in [-0.1, -0.05) is 18.2 Å². The number of aromatic nitrogens is 1. The number of para-hydroxylation sites is 1. The number of nitrogens with zero attached hydrogens (tertiary/aromatic N) is 1. The number of carboxylic acid groups (broad SMARTS) is 1. The van der Waals surface area contributed by atoms with E-state index in [0.717, 1.165) is 11.3 Å². The molecule has 0 spiro atoms. The third kappa shape index (κ3) is 2.88. The van der Waals surface area contributed by atoms with Gasteiger partial charge < -0.3 is 14.4 Å². The molecule has 0 unspecified atom stereocenters. The zero-order chi connectivity index (χ0) is 17.3. The number of sulfonamides is 1. The number of nitrogens with one attached hydrogen (secondary N) is 1. The molecular weight excluding hydrogens is 352 g/mol. The fraction of sp³-hybridized carbons (Fsp3) is 0.133. The van der Waals surface area contributed by atoms with Crippen LogP contribution in [-0.2, 0) is 21.5 Å². The van der Waals surface area contributed by atoms with Gasteiger partial charge in [-0.2, -0.15) is 0 Å². The molecule has 0 aliphatic rings. The summed E-state index contributed by atoms with van der Waals surface area (Å²) in [6.45, 7) is -0.0110. The predicted octanol–water partition coefficient (Wildman–Crippen LogP) is 2.81. The van der Waals surface area contributed by atoms with Crippen LogP contribution < -0.4 is 4.72 Å². The molecule has 0 aliphatic carbocycles. The Balaban J connectivity index is 2.17. The molecular formula is C15H14N2O5S2. The van der Waals surface area contributed by atoms with Crippen molar-refractivity contribution in [1.29, 1.82) is 0 Å². The lowest BCUT2D eigenvalue weighted by Gasteiger charge is -2.12. The number of rotatable bonds is 6. The van der Waals surface area contributed by atoms with Gasteiger partial charge in [-0.15, -0.1) is 11.3 Å². The molecule has 0 saturated carbocycles. The second-order valence-corrected chi connectivity index (χ2v) is 7.82. The van der Waals surface area contributed by atoms with E-state index < -0.39 is 16.0 Å². The number of thiophene rings is 1. The maximum absolute atomic E-state index is 12.5. The first-order valence-electron chi connectivity index (χ1n) is 6.85. The highest BCUT2D eigenvalue weighted by molar-refractivity contribution is 7.94. The standard InChI is InChI=1S/C15H14N2O5S2/c1-22-9-17-12(15(18)19)8-10-4-2-5-11(14(10)17)16-24(20,21)13-6-3-7-23-13/h2-8,16H,9H2,1H3,(H,18,19). The molecule has 2 heterocycles. The van der Waals surface area contributed by atoms with Crippen molar-refractivity contribution in [2.24, 2.45) is 0 Å². The van der Waals surface area contributed by atoms with E-state index in [9.17, 15) is 18.3 Å². The van der Waals surface area contributed by atoms with Crippen molar-refractivity contribution in [2.45, 2.75) is 10.9 Å². The van der Waals surface area contributed by atoms with E-state index >= 15 is 0 Å². The van der Waals surface area contributed by atoms with Crippen molar-refractivity contribution in [1.82, 2.24) is 4.57 Å². The van der Waals surface area contributed by atoms with Gasteiger partial charge in [0.1, 0.15) is 16.6 Å². The lowest BCUT2D eigenvalue weighted by atomic mass is 10.2. The molecule has 0 radical (unpaired) electrons. The highest BCUT2D eigenvalue weighted by atomic mass is 32.2. The van der Waals surface area contributed by atoms with Gasteiger partial charge in [-0.25, -0.2) is 13.2 Å². The summed E-state index contributed by atoms with van der Waals surface area (Å²) in [7, 11) is -2.30. The predicted molar refractivity (Wildman–Crippen MR) is 91.0 cm³/mol. The molecule has 3 aromatic rings. The van der Waals surface area contributed by atoms with Gasteiger partial charge in [0.25, 0.3) is 10.0 Å². The van der Waals surface area contributed by atoms with E-state index in [1.54, 1.807) is 29.6 Å². The molecule has 0 amide bonds. The zero-order valence-electron chi connectivity index (χ0n) is 12.6. The Kier molecular flexibility index (Phi) is 4.31. The minimum atomic E-state index is -3.74. The summed E-state index contributed by atoms with van der Waals surface area (Å²) in [6, 6.07) is 9.61. The zero-order valence-corrected chi connectivity index (χ0v) is 14.2. The number of hydrogen-bond donors (Lipinski definition) is 2. The van der Waals surface area contributed by atoms with Crippen LogP contribution >= 0.6 is 11.3 Å². The van der Waals surface area contributed by atoms with Crippen LogP contribution in [-0.4, -0.2) is 31.2 Å². The minimum absolute atomic E-state index is 0.0110. The van der Waals surface area contributed by atoms with Crippen LogP contribution in [0.4, 0.5) is 5.69 Å². The Morgan fingerprint density at radius 1 is 1.33 bits per heavy atom. The molecule has 9 heteroatoms. The smallest absolute Gasteiger partial charge is 0.352 e. The summed E-state index contributed by atoms with van der Waals surface area (Å²) >= 11 is 1.10. The van der Waals surface area contributed by atoms with Gasteiger partial charge in [0.05, 0.1) is 11.2 Å². The number of carbonyl (C=O) groups is 1. The summed E-state index contributed by atoms with van der Waals surface area (Å²) in [5.74, 6) is -1.12. The first kappa shape index (κ1) is 16.5. The van der Waals surface area contributed by atoms with Gasteiger partial charge in [0, 0.05) is 12.5 Å². The van der Waals surface area contributed by atoms with Crippen molar-refractivity contribution in [2.75, 3.05) is 11.8 Å². The quantitative estimate of drug-likeness (QED) is 0.699. The van der Waals surface area contributed by atoms with Gasteiger partial charge in [-0.05, 0) is 23.6 Å². The number of fused-ring (bicyclic) bond motifs is 1. The van der Waals surface area contributed by atoms with Crippen molar-refractivity contribution in [3.63, 3.8) is 0 Å². The van der Waals surface area contributed by atoms with Crippen LogP contribution in [0.5, 0.6) is 0 Å². The highest BCUT2D eigenvalue weighted by Crippen LogP contribution is 2.30. The van der Waals surface area contributed by atoms with Crippen LogP contribution in [0.25, 0.3) is 10.9 Å². The fourth-order valence-corrected chi connectivity index (χ4v) is 4.52. The normalized spacial score (nSPS) is 11.7. The van der Waals surface area contributed by atoms with Crippen LogP contribution in [0, 0.1) is 0 Å². The van der Waals surface area contributed by atoms with Crippen molar-refractivity contribution in [3.05, 3.63) is 47.5 Å². The Hall–Kier alpha value is -2.36. The maximum Gasteiger partial charge on any atom is 0.352 e. The van der Waals surface area contributed by atoms with Crippen molar-refractivity contribution in [3.8, 4) is 0 Å². The molecule has 0 atom stereocenters. The van der Waals surface area contributed by atoms with Crippen LogP contribution in [0.3, 0.4) is 0 Å². The fourth-order valence-electron chi connectivity index (χ4n) is 2.46. The first-order valence-corrected chi connectivity index (χ1v) is 9.21. The third-order valence-electron chi connectivity index (χ3n) is 3.40. The summed E-state index contributed by atoms with van der Waals surface area (Å²) in [5.41, 5.74) is 0.775. The van der Waals surface area contributed by atoms with Crippen LogP contribution in [0.1, 0.15) is 10.5 Å². The molecule has 0 aliphatic heterocycles. The van der Waals surface area contributed by atoms with Gasteiger partial charge in [-0.3, -0.25) is 4.72 Å². The Bertz CT molecular complexity index is 990. The van der Waals surface area contributed by atoms with Crippen molar-refractivity contribution < 1.29 is 23.1 Å². The average Bonchev–Trinajstić information content (AvgIpc) is 3.16. The monoisotopic (exact) mass is 366 g/mol. The molecule has 0 fully saturated rings. The van der Waals surface area contributed by atoms with Crippen LogP contribution in [0.2, 0.25) is 0 Å². The summed E-state index contributed by atoms with van der Waals surface area (Å²) in [6.07, 6.45) is 0. The molecule has 2 N–H and O–H groups in total. The lowest BCUT2D eigenvalue weighted by Crippen LogP contribution is -2.14. The third-order valence-corrected chi connectivity index (χ3v) is 6.16. The molecule has 126 valence electrons. The molecule has 3 rings (SSSR count). The minimum Gasteiger partial charge on any atom is -0.477 e. The Morgan fingerprint density at radius 2 is 2.12 bits per heavy atom. The van der Waals surface area contributed by atoms with Gasteiger partial charge >= 0.3 is 5.97 Å². The van der Waals surface area contributed by atoms with E-state index in [-0.39, 0.29) is 16.6 Å². The van der Waals surface area contributed by atoms with E-state index in [4.69, 9.17) is 4.74 Å².